The molecule has 42 heavy (non-hydrogen) atoms. The van der Waals surface area contributed by atoms with Crippen LogP contribution in [0.1, 0.15) is 79.8 Å². The van der Waals surface area contributed by atoms with Gasteiger partial charge in [0.25, 0.3) is 0 Å². The summed E-state index contributed by atoms with van der Waals surface area (Å²) >= 11 is 0. The van der Waals surface area contributed by atoms with Gasteiger partial charge in [0.15, 0.2) is 11.5 Å². The lowest BCUT2D eigenvalue weighted by Gasteiger charge is -2.27. The molecule has 8 heteroatoms. The molecule has 0 radical (unpaired) electrons. The van der Waals surface area contributed by atoms with Crippen molar-refractivity contribution in [3.8, 4) is 34.8 Å². The number of unbranched alkanes of at least 4 members (excludes halogenated alkanes) is 4. The molecule has 1 unspecified atom stereocenters. The Bertz CT molecular complexity index is 1460. The van der Waals surface area contributed by atoms with E-state index in [9.17, 15) is 10.1 Å². The summed E-state index contributed by atoms with van der Waals surface area (Å²) in [5.41, 5.74) is 8.35. The number of esters is 1. The Hall–Kier alpha value is -4.64. The second kappa shape index (κ2) is 14.8. The van der Waals surface area contributed by atoms with Crippen molar-refractivity contribution in [3.05, 3.63) is 88.8 Å². The first-order valence-corrected chi connectivity index (χ1v) is 14.5. The Morgan fingerprint density at radius 2 is 1.74 bits per heavy atom. The number of nitrogens with two attached hydrogens (primary N) is 1. The van der Waals surface area contributed by atoms with E-state index in [1.165, 1.54) is 19.3 Å². The minimum Gasteiger partial charge on any atom is -0.494 e. The van der Waals surface area contributed by atoms with Crippen molar-refractivity contribution < 1.29 is 28.5 Å². The number of rotatable bonds is 14. The number of nitrogens with zero attached hydrogens (tertiary/aromatic N) is 1. The number of fused-ring (bicyclic) bond motifs is 1. The van der Waals surface area contributed by atoms with Gasteiger partial charge >= 0.3 is 5.97 Å². The van der Waals surface area contributed by atoms with E-state index >= 15 is 0 Å². The van der Waals surface area contributed by atoms with E-state index in [1.807, 2.05) is 25.1 Å². The Balaban J connectivity index is 1.55. The predicted octanol–water partition coefficient (Wildman–Crippen LogP) is 7.27. The molecule has 1 aliphatic rings. The summed E-state index contributed by atoms with van der Waals surface area (Å²) in [6, 6.07) is 19.7. The van der Waals surface area contributed by atoms with Crippen LogP contribution in [0.2, 0.25) is 0 Å². The molecule has 1 atom stereocenters. The molecule has 220 valence electrons. The molecule has 0 spiro atoms. The van der Waals surface area contributed by atoms with Gasteiger partial charge in [-0.05, 0) is 54.8 Å². The van der Waals surface area contributed by atoms with Gasteiger partial charge in [0.05, 0.1) is 31.8 Å². The average Bonchev–Trinajstić information content (AvgIpc) is 3.01. The molecule has 0 saturated heterocycles. The van der Waals surface area contributed by atoms with E-state index in [0.717, 1.165) is 24.8 Å². The number of nitriles is 1. The highest BCUT2D eigenvalue weighted by atomic mass is 16.5. The standard InChI is InChI=1S/C34H38N2O6/c1-4-6-7-8-9-18-40-29-16-13-23(20-31(29)38-3)32-27-15-14-26(21-30(27)42-33(36)28(32)22-35)41-34(37)24-11-10-12-25(19-24)39-17-5-2/h10-16,19-21,32H,4-9,17-18,36H2,1-3H3. The Labute approximate surface area is 247 Å². The third-order valence-electron chi connectivity index (χ3n) is 6.97. The van der Waals surface area contributed by atoms with Crippen LogP contribution in [0.15, 0.2) is 72.1 Å². The van der Waals surface area contributed by atoms with Gasteiger partial charge in [-0.3, -0.25) is 0 Å². The van der Waals surface area contributed by atoms with Crippen LogP contribution in [0.4, 0.5) is 0 Å². The van der Waals surface area contributed by atoms with Crippen molar-refractivity contribution in [1.82, 2.24) is 0 Å². The molecule has 1 heterocycles. The van der Waals surface area contributed by atoms with Gasteiger partial charge in [0, 0.05) is 11.6 Å². The summed E-state index contributed by atoms with van der Waals surface area (Å²) in [5.74, 6) is 1.45. The monoisotopic (exact) mass is 570 g/mol. The SMILES string of the molecule is CCCCCCCOc1ccc(C2C(C#N)=C(N)Oc3cc(OC(=O)c4cccc(OCCC)c4)ccc32)cc1OC. The van der Waals surface area contributed by atoms with Crippen molar-refractivity contribution in [2.75, 3.05) is 20.3 Å². The summed E-state index contributed by atoms with van der Waals surface area (Å²) < 4.78 is 28.7. The summed E-state index contributed by atoms with van der Waals surface area (Å²) in [7, 11) is 1.59. The molecule has 4 rings (SSSR count). The number of methoxy groups -OCH3 is 1. The number of allylic oxidation sites excluding steroid dienone is 1. The third kappa shape index (κ3) is 7.35. The molecule has 3 aromatic rings. The van der Waals surface area contributed by atoms with E-state index in [0.29, 0.717) is 47.3 Å². The van der Waals surface area contributed by atoms with Gasteiger partial charge in [-0.2, -0.15) is 5.26 Å². The molecular weight excluding hydrogens is 532 g/mol. The minimum atomic E-state index is -0.531. The van der Waals surface area contributed by atoms with E-state index < -0.39 is 11.9 Å². The zero-order valence-electron chi connectivity index (χ0n) is 24.5. The van der Waals surface area contributed by atoms with Crippen LogP contribution in [-0.4, -0.2) is 26.3 Å². The molecule has 0 aromatic heterocycles. The van der Waals surface area contributed by atoms with Crippen LogP contribution in [-0.2, 0) is 0 Å². The van der Waals surface area contributed by atoms with Gasteiger partial charge in [0.2, 0.25) is 5.88 Å². The van der Waals surface area contributed by atoms with E-state index in [-0.39, 0.29) is 17.2 Å². The summed E-state index contributed by atoms with van der Waals surface area (Å²) in [4.78, 5) is 12.9. The number of carbonyl (C=O) groups excluding carboxylic acids is 1. The highest BCUT2D eigenvalue weighted by Gasteiger charge is 2.32. The second-order valence-corrected chi connectivity index (χ2v) is 10.1. The maximum atomic E-state index is 12.9. The number of ether oxygens (including phenoxy) is 5. The zero-order chi connectivity index (χ0) is 29.9. The van der Waals surface area contributed by atoms with E-state index in [1.54, 1.807) is 49.6 Å². The van der Waals surface area contributed by atoms with Crippen molar-refractivity contribution in [2.45, 2.75) is 58.3 Å². The second-order valence-electron chi connectivity index (χ2n) is 10.1. The lowest BCUT2D eigenvalue weighted by atomic mass is 9.83. The Kier molecular flexibility index (Phi) is 10.7. The minimum absolute atomic E-state index is 0.00868. The first kappa shape index (κ1) is 30.3. The predicted molar refractivity (Wildman–Crippen MR) is 160 cm³/mol. The van der Waals surface area contributed by atoms with Crippen molar-refractivity contribution in [3.63, 3.8) is 0 Å². The highest BCUT2D eigenvalue weighted by Crippen LogP contribution is 2.45. The fraction of sp³-hybridized carbons (Fsp3) is 0.353. The topological polar surface area (TPSA) is 113 Å². The number of hydrogen-bond acceptors (Lipinski definition) is 8. The molecule has 0 bridgehead atoms. The molecule has 3 aromatic carbocycles. The Morgan fingerprint density at radius 3 is 2.50 bits per heavy atom. The molecule has 1 aliphatic heterocycles. The first-order chi connectivity index (χ1) is 20.5. The van der Waals surface area contributed by atoms with Gasteiger partial charge in [-0.1, -0.05) is 57.7 Å². The van der Waals surface area contributed by atoms with Crippen LogP contribution >= 0.6 is 0 Å². The van der Waals surface area contributed by atoms with Crippen LogP contribution in [0.3, 0.4) is 0 Å². The molecular formula is C34H38N2O6. The molecule has 2 N–H and O–H groups in total. The summed E-state index contributed by atoms with van der Waals surface area (Å²) in [6.45, 7) is 5.37. The lowest BCUT2D eigenvalue weighted by molar-refractivity contribution is 0.0734. The number of benzene rings is 3. The molecule has 0 aliphatic carbocycles. The number of carbonyl (C=O) groups is 1. The van der Waals surface area contributed by atoms with Gasteiger partial charge in [-0.15, -0.1) is 0 Å². The maximum Gasteiger partial charge on any atom is 0.343 e. The summed E-state index contributed by atoms with van der Waals surface area (Å²) in [5, 5.41) is 9.98. The lowest BCUT2D eigenvalue weighted by Crippen LogP contribution is -2.21. The van der Waals surface area contributed by atoms with Crippen molar-refractivity contribution in [2.24, 2.45) is 5.73 Å². The van der Waals surface area contributed by atoms with E-state index in [2.05, 4.69) is 13.0 Å². The largest absolute Gasteiger partial charge is 0.494 e. The van der Waals surface area contributed by atoms with Crippen LogP contribution in [0, 0.1) is 11.3 Å². The van der Waals surface area contributed by atoms with E-state index in [4.69, 9.17) is 29.4 Å². The zero-order valence-corrected chi connectivity index (χ0v) is 24.5. The average molecular weight is 571 g/mol. The van der Waals surface area contributed by atoms with Crippen LogP contribution in [0.5, 0.6) is 28.7 Å². The highest BCUT2D eigenvalue weighted by molar-refractivity contribution is 5.91. The van der Waals surface area contributed by atoms with Crippen LogP contribution < -0.4 is 29.4 Å². The van der Waals surface area contributed by atoms with Gasteiger partial charge < -0.3 is 29.4 Å². The fourth-order valence-corrected chi connectivity index (χ4v) is 4.81. The van der Waals surface area contributed by atoms with Crippen molar-refractivity contribution in [1.29, 1.82) is 5.26 Å². The number of hydrogen-bond donors (Lipinski definition) is 1. The Morgan fingerprint density at radius 1 is 0.905 bits per heavy atom. The first-order valence-electron chi connectivity index (χ1n) is 14.5. The van der Waals surface area contributed by atoms with Crippen LogP contribution in [0.25, 0.3) is 0 Å². The fourth-order valence-electron chi connectivity index (χ4n) is 4.81. The maximum absolute atomic E-state index is 12.9. The quantitative estimate of drug-likeness (QED) is 0.122. The van der Waals surface area contributed by atoms with Crippen molar-refractivity contribution >= 4 is 5.97 Å². The smallest absolute Gasteiger partial charge is 0.343 e. The van der Waals surface area contributed by atoms with Gasteiger partial charge in [0.1, 0.15) is 28.9 Å². The molecule has 8 nitrogen and oxygen atoms in total. The van der Waals surface area contributed by atoms with Gasteiger partial charge in [-0.25, -0.2) is 4.79 Å². The normalized spacial score (nSPS) is 13.9. The third-order valence-corrected chi connectivity index (χ3v) is 6.97. The molecule has 0 saturated carbocycles. The molecule has 0 amide bonds. The molecule has 0 fully saturated rings. The summed E-state index contributed by atoms with van der Waals surface area (Å²) in [6.07, 6.45) is 6.59.